The van der Waals surface area contributed by atoms with E-state index in [2.05, 4.69) is 11.2 Å². The lowest BCUT2D eigenvalue weighted by Gasteiger charge is -2.36. The van der Waals surface area contributed by atoms with Crippen LogP contribution in [0.25, 0.3) is 0 Å². The minimum absolute atomic E-state index is 0.193. The summed E-state index contributed by atoms with van der Waals surface area (Å²) in [5.41, 5.74) is 0.978. The van der Waals surface area contributed by atoms with Crippen molar-refractivity contribution >= 4 is 12.0 Å². The SMILES string of the molecule is N#Cc1ccc(CN2CC3(CCN(C(=O)c4ccno4)CC3)OC2=O)cc1. The number of piperidine rings is 1. The highest BCUT2D eigenvalue weighted by molar-refractivity contribution is 5.91. The van der Waals surface area contributed by atoms with Gasteiger partial charge in [-0.05, 0) is 17.7 Å². The first-order chi connectivity index (χ1) is 13.1. The molecule has 2 saturated heterocycles. The third-order valence-corrected chi connectivity index (χ3v) is 5.11. The Morgan fingerprint density at radius 1 is 1.22 bits per heavy atom. The number of carbonyl (C=O) groups is 2. The average Bonchev–Trinajstić information content (AvgIpc) is 3.32. The molecule has 8 heteroatoms. The Kier molecular flexibility index (Phi) is 4.28. The van der Waals surface area contributed by atoms with Crippen LogP contribution in [0.5, 0.6) is 0 Å². The molecule has 0 radical (unpaired) electrons. The van der Waals surface area contributed by atoms with Crippen molar-refractivity contribution in [2.75, 3.05) is 19.6 Å². The molecule has 138 valence electrons. The Morgan fingerprint density at radius 2 is 1.96 bits per heavy atom. The number of hydrogen-bond acceptors (Lipinski definition) is 6. The van der Waals surface area contributed by atoms with Gasteiger partial charge < -0.3 is 14.2 Å². The number of amides is 2. The van der Waals surface area contributed by atoms with Crippen LogP contribution in [0.3, 0.4) is 0 Å². The molecule has 0 unspecified atom stereocenters. The van der Waals surface area contributed by atoms with Gasteiger partial charge >= 0.3 is 6.09 Å². The Labute approximate surface area is 155 Å². The van der Waals surface area contributed by atoms with Crippen molar-refractivity contribution in [3.05, 3.63) is 53.4 Å². The van der Waals surface area contributed by atoms with E-state index < -0.39 is 5.60 Å². The maximum atomic E-state index is 12.3. The highest BCUT2D eigenvalue weighted by Gasteiger charge is 2.47. The summed E-state index contributed by atoms with van der Waals surface area (Å²) in [6, 6.07) is 10.8. The standard InChI is InChI=1S/C19H18N4O4/c20-11-14-1-3-15(4-2-14)12-23-13-19(26-18(23)25)6-9-22(10-7-19)17(24)16-5-8-21-27-16/h1-5,8H,6-7,9-10,12-13H2. The van der Waals surface area contributed by atoms with Crippen molar-refractivity contribution in [2.45, 2.75) is 25.0 Å². The zero-order chi connectivity index (χ0) is 18.9. The molecule has 0 N–H and O–H groups in total. The highest BCUT2D eigenvalue weighted by atomic mass is 16.6. The molecule has 4 rings (SSSR count). The van der Waals surface area contributed by atoms with Crippen LogP contribution in [-0.4, -0.2) is 52.2 Å². The van der Waals surface area contributed by atoms with Crippen molar-refractivity contribution in [1.82, 2.24) is 15.0 Å². The predicted octanol–water partition coefficient (Wildman–Crippen LogP) is 2.17. The van der Waals surface area contributed by atoms with Crippen molar-refractivity contribution in [3.8, 4) is 6.07 Å². The summed E-state index contributed by atoms with van der Waals surface area (Å²) in [6.45, 7) is 1.93. The van der Waals surface area contributed by atoms with Gasteiger partial charge in [-0.15, -0.1) is 0 Å². The van der Waals surface area contributed by atoms with Crippen LogP contribution in [-0.2, 0) is 11.3 Å². The van der Waals surface area contributed by atoms with E-state index in [1.165, 1.54) is 6.20 Å². The molecular formula is C19H18N4O4. The number of benzene rings is 1. The summed E-state index contributed by atoms with van der Waals surface area (Å²) < 4.78 is 10.6. The van der Waals surface area contributed by atoms with Crippen LogP contribution >= 0.6 is 0 Å². The molecule has 0 saturated carbocycles. The smallest absolute Gasteiger partial charge is 0.410 e. The number of hydrogen-bond donors (Lipinski definition) is 0. The monoisotopic (exact) mass is 366 g/mol. The van der Waals surface area contributed by atoms with E-state index in [4.69, 9.17) is 14.5 Å². The van der Waals surface area contributed by atoms with Crippen molar-refractivity contribution in [1.29, 1.82) is 5.26 Å². The molecular weight excluding hydrogens is 348 g/mol. The molecule has 0 aliphatic carbocycles. The predicted molar refractivity (Wildman–Crippen MR) is 92.4 cm³/mol. The number of aromatic nitrogens is 1. The quantitative estimate of drug-likeness (QED) is 0.825. The summed E-state index contributed by atoms with van der Waals surface area (Å²) in [6.07, 6.45) is 2.28. The van der Waals surface area contributed by atoms with Crippen molar-refractivity contribution in [2.24, 2.45) is 0 Å². The van der Waals surface area contributed by atoms with E-state index >= 15 is 0 Å². The third-order valence-electron chi connectivity index (χ3n) is 5.11. The number of rotatable bonds is 3. The zero-order valence-electron chi connectivity index (χ0n) is 14.6. The fraction of sp³-hybridized carbons (Fsp3) is 0.368. The number of nitriles is 1. The van der Waals surface area contributed by atoms with Gasteiger partial charge in [-0.2, -0.15) is 5.26 Å². The van der Waals surface area contributed by atoms with Crippen LogP contribution < -0.4 is 0 Å². The number of ether oxygens (including phenoxy) is 1. The Hall–Kier alpha value is -3.34. The number of nitrogens with zero attached hydrogens (tertiary/aromatic N) is 4. The fourth-order valence-electron chi connectivity index (χ4n) is 3.58. The second kappa shape index (κ2) is 6.76. The number of carbonyl (C=O) groups excluding carboxylic acids is 2. The summed E-state index contributed by atoms with van der Waals surface area (Å²) >= 11 is 0. The van der Waals surface area contributed by atoms with Gasteiger partial charge in [-0.1, -0.05) is 17.3 Å². The summed E-state index contributed by atoms with van der Waals surface area (Å²) in [4.78, 5) is 28.0. The minimum atomic E-state index is -0.554. The highest BCUT2D eigenvalue weighted by Crippen LogP contribution is 2.34. The van der Waals surface area contributed by atoms with Gasteiger partial charge in [-0.25, -0.2) is 4.79 Å². The molecule has 0 bridgehead atoms. The van der Waals surface area contributed by atoms with Gasteiger partial charge in [0, 0.05) is 38.5 Å². The summed E-state index contributed by atoms with van der Waals surface area (Å²) in [5, 5.41) is 12.4. The van der Waals surface area contributed by atoms with E-state index in [1.54, 1.807) is 28.0 Å². The lowest BCUT2D eigenvalue weighted by Crippen LogP contribution is -2.48. The van der Waals surface area contributed by atoms with Gasteiger partial charge in [0.15, 0.2) is 0 Å². The third kappa shape index (κ3) is 3.36. The average molecular weight is 366 g/mol. The molecule has 1 spiro atoms. The van der Waals surface area contributed by atoms with Crippen LogP contribution in [0.2, 0.25) is 0 Å². The Bertz CT molecular complexity index is 877. The van der Waals surface area contributed by atoms with Crippen LogP contribution in [0.15, 0.2) is 41.1 Å². The molecule has 1 aromatic heterocycles. The molecule has 0 atom stereocenters. The first-order valence-corrected chi connectivity index (χ1v) is 8.75. The molecule has 1 aromatic carbocycles. The fourth-order valence-corrected chi connectivity index (χ4v) is 3.58. The van der Waals surface area contributed by atoms with E-state index in [0.29, 0.717) is 44.6 Å². The molecule has 2 fully saturated rings. The van der Waals surface area contributed by atoms with Gasteiger partial charge in [-0.3, -0.25) is 9.69 Å². The first-order valence-electron chi connectivity index (χ1n) is 8.75. The second-order valence-electron chi connectivity index (χ2n) is 6.88. The van der Waals surface area contributed by atoms with Gasteiger partial charge in [0.2, 0.25) is 5.76 Å². The zero-order valence-corrected chi connectivity index (χ0v) is 14.6. The topological polar surface area (TPSA) is 99.7 Å². The van der Waals surface area contributed by atoms with Crippen molar-refractivity contribution < 1.29 is 18.8 Å². The van der Waals surface area contributed by atoms with Crippen LogP contribution in [0.1, 0.15) is 34.5 Å². The maximum Gasteiger partial charge on any atom is 0.410 e. The second-order valence-corrected chi connectivity index (χ2v) is 6.88. The van der Waals surface area contributed by atoms with Crippen molar-refractivity contribution in [3.63, 3.8) is 0 Å². The van der Waals surface area contributed by atoms with E-state index in [9.17, 15) is 9.59 Å². The van der Waals surface area contributed by atoms with E-state index in [-0.39, 0.29) is 17.8 Å². The maximum absolute atomic E-state index is 12.3. The number of likely N-dealkylation sites (tertiary alicyclic amines) is 1. The summed E-state index contributed by atoms with van der Waals surface area (Å²) in [7, 11) is 0. The Morgan fingerprint density at radius 3 is 2.59 bits per heavy atom. The van der Waals surface area contributed by atoms with E-state index in [1.807, 2.05) is 12.1 Å². The first kappa shape index (κ1) is 17.1. The molecule has 2 amide bonds. The van der Waals surface area contributed by atoms with Crippen LogP contribution in [0, 0.1) is 11.3 Å². The molecule has 2 aliphatic rings. The lowest BCUT2D eigenvalue weighted by atomic mass is 9.91. The molecule has 2 aromatic rings. The van der Waals surface area contributed by atoms with E-state index in [0.717, 1.165) is 5.56 Å². The Balaban J connectivity index is 1.37. The normalized spacial score (nSPS) is 18.4. The van der Waals surface area contributed by atoms with Gasteiger partial charge in [0.25, 0.3) is 5.91 Å². The van der Waals surface area contributed by atoms with Crippen LogP contribution in [0.4, 0.5) is 4.79 Å². The largest absolute Gasteiger partial charge is 0.441 e. The summed E-state index contributed by atoms with van der Waals surface area (Å²) in [5.74, 6) is 0.0259. The molecule has 27 heavy (non-hydrogen) atoms. The van der Waals surface area contributed by atoms with Gasteiger partial charge in [0.1, 0.15) is 5.60 Å². The van der Waals surface area contributed by atoms with Gasteiger partial charge in [0.05, 0.1) is 24.4 Å². The minimum Gasteiger partial charge on any atom is -0.441 e. The molecule has 3 heterocycles. The lowest BCUT2D eigenvalue weighted by molar-refractivity contribution is 0.00204. The molecule has 2 aliphatic heterocycles. The molecule has 8 nitrogen and oxygen atoms in total.